The highest BCUT2D eigenvalue weighted by molar-refractivity contribution is 7.99. The summed E-state index contributed by atoms with van der Waals surface area (Å²) < 4.78 is 4.97. The van der Waals surface area contributed by atoms with E-state index in [0.717, 1.165) is 34.2 Å². The van der Waals surface area contributed by atoms with Gasteiger partial charge in [-0.1, -0.05) is 95.9 Å². The molecule has 0 aliphatic carbocycles. The minimum Gasteiger partial charge on any atom is -0.304 e. The van der Waals surface area contributed by atoms with E-state index in [9.17, 15) is 4.79 Å². The van der Waals surface area contributed by atoms with Crippen LogP contribution in [-0.4, -0.2) is 19.3 Å². The van der Waals surface area contributed by atoms with Gasteiger partial charge in [-0.2, -0.15) is 0 Å². The van der Waals surface area contributed by atoms with Gasteiger partial charge in [-0.15, -0.1) is 10.2 Å². The quantitative estimate of drug-likeness (QED) is 0.268. The van der Waals surface area contributed by atoms with Crippen LogP contribution in [0.4, 0.5) is 0 Å². The smallest absolute Gasteiger partial charge is 0.304 e. The second kappa shape index (κ2) is 9.77. The fraction of sp³-hybridized carbons (Fsp3) is 0.192. The summed E-state index contributed by atoms with van der Waals surface area (Å²) in [6.45, 7) is 3.35. The van der Waals surface area contributed by atoms with E-state index < -0.39 is 0 Å². The first kappa shape index (κ1) is 21.7. The van der Waals surface area contributed by atoms with Gasteiger partial charge in [0.15, 0.2) is 11.0 Å². The number of nitrogens with zero attached hydrogens (tertiary/aromatic N) is 4. The topological polar surface area (TPSA) is 52.7 Å². The Hall–Kier alpha value is -3.16. The number of thioether (sulfide) groups is 1. The molecular weight excluding hydrogens is 448 g/mol. The fourth-order valence-electron chi connectivity index (χ4n) is 3.89. The van der Waals surface area contributed by atoms with Crippen molar-refractivity contribution in [3.05, 3.63) is 112 Å². The minimum atomic E-state index is 0.0284. The summed E-state index contributed by atoms with van der Waals surface area (Å²) in [6.07, 6.45) is 0.873. The summed E-state index contributed by atoms with van der Waals surface area (Å²) in [7, 11) is 0. The highest BCUT2D eigenvalue weighted by atomic mass is 32.2. The van der Waals surface area contributed by atoms with Crippen LogP contribution in [0.15, 0.2) is 94.9 Å². The van der Waals surface area contributed by atoms with Crippen LogP contribution in [-0.2, 0) is 19.5 Å². The maximum atomic E-state index is 12.7. The fourth-order valence-corrected chi connectivity index (χ4v) is 5.80. The molecule has 5 aromatic rings. The predicted molar refractivity (Wildman–Crippen MR) is 136 cm³/mol. The van der Waals surface area contributed by atoms with E-state index in [-0.39, 0.29) is 10.1 Å². The van der Waals surface area contributed by atoms with Crippen molar-refractivity contribution in [2.24, 2.45) is 0 Å². The highest BCUT2D eigenvalue weighted by Crippen LogP contribution is 2.34. The molecule has 5 rings (SSSR count). The third-order valence-electron chi connectivity index (χ3n) is 5.68. The van der Waals surface area contributed by atoms with Crippen LogP contribution in [0.3, 0.4) is 0 Å². The molecule has 0 aliphatic rings. The maximum Gasteiger partial charge on any atom is 0.308 e. The Morgan fingerprint density at radius 1 is 0.879 bits per heavy atom. The summed E-state index contributed by atoms with van der Waals surface area (Å²) in [5.74, 6) is 0.805. The van der Waals surface area contributed by atoms with Crippen LogP contribution in [0, 0.1) is 0 Å². The van der Waals surface area contributed by atoms with Crippen molar-refractivity contribution in [1.82, 2.24) is 19.3 Å². The molecule has 33 heavy (non-hydrogen) atoms. The van der Waals surface area contributed by atoms with Crippen molar-refractivity contribution in [2.45, 2.75) is 36.8 Å². The van der Waals surface area contributed by atoms with E-state index in [2.05, 4.69) is 70.2 Å². The molecule has 1 atom stereocenters. The van der Waals surface area contributed by atoms with Crippen molar-refractivity contribution in [3.63, 3.8) is 0 Å². The van der Waals surface area contributed by atoms with Gasteiger partial charge in [0, 0.05) is 11.8 Å². The lowest BCUT2D eigenvalue weighted by molar-refractivity contribution is 0.585. The summed E-state index contributed by atoms with van der Waals surface area (Å²) in [6, 6.07) is 28.8. The van der Waals surface area contributed by atoms with Crippen molar-refractivity contribution in [2.75, 3.05) is 0 Å². The maximum absolute atomic E-state index is 12.7. The molecule has 0 N–H and O–H groups in total. The van der Waals surface area contributed by atoms with E-state index in [1.54, 1.807) is 16.3 Å². The number of para-hydroxylation sites is 1. The summed E-state index contributed by atoms with van der Waals surface area (Å²) in [5.41, 5.74) is 3.46. The van der Waals surface area contributed by atoms with Crippen molar-refractivity contribution >= 4 is 33.3 Å². The highest BCUT2D eigenvalue weighted by Gasteiger charge is 2.18. The van der Waals surface area contributed by atoms with Gasteiger partial charge < -0.3 is 4.57 Å². The molecule has 5 nitrogen and oxygen atoms in total. The minimum absolute atomic E-state index is 0.0284. The normalized spacial score (nSPS) is 12.3. The molecule has 0 bridgehead atoms. The van der Waals surface area contributed by atoms with Crippen LogP contribution in [0.5, 0.6) is 0 Å². The largest absolute Gasteiger partial charge is 0.308 e. The zero-order valence-electron chi connectivity index (χ0n) is 18.3. The number of thiazole rings is 1. The van der Waals surface area contributed by atoms with Gasteiger partial charge in [0.2, 0.25) is 0 Å². The second-order valence-electron chi connectivity index (χ2n) is 7.88. The molecule has 7 heteroatoms. The molecule has 0 amide bonds. The molecule has 0 aliphatic heterocycles. The van der Waals surface area contributed by atoms with Crippen LogP contribution < -0.4 is 4.87 Å². The Bertz CT molecular complexity index is 1410. The molecule has 2 aromatic heterocycles. The third-order valence-corrected chi connectivity index (χ3v) is 7.78. The molecule has 3 aromatic carbocycles. The van der Waals surface area contributed by atoms with Gasteiger partial charge in [0.05, 0.1) is 16.8 Å². The number of rotatable bonds is 8. The molecule has 0 fully saturated rings. The molecule has 0 saturated carbocycles. The summed E-state index contributed by atoms with van der Waals surface area (Å²) in [4.78, 5) is 12.8. The van der Waals surface area contributed by atoms with Crippen molar-refractivity contribution < 1.29 is 0 Å². The van der Waals surface area contributed by atoms with Crippen LogP contribution in [0.2, 0.25) is 0 Å². The number of benzene rings is 3. The first-order valence-electron chi connectivity index (χ1n) is 10.9. The first-order chi connectivity index (χ1) is 16.2. The van der Waals surface area contributed by atoms with Gasteiger partial charge in [-0.05, 0) is 36.6 Å². The van der Waals surface area contributed by atoms with Gasteiger partial charge in [0.25, 0.3) is 0 Å². The number of fused-ring (bicyclic) bond motifs is 1. The van der Waals surface area contributed by atoms with Crippen molar-refractivity contribution in [3.8, 4) is 0 Å². The summed E-state index contributed by atoms with van der Waals surface area (Å²) in [5, 5.41) is 10.2. The third kappa shape index (κ3) is 4.79. The van der Waals surface area contributed by atoms with Crippen LogP contribution in [0.25, 0.3) is 10.2 Å². The Morgan fingerprint density at radius 3 is 2.36 bits per heavy atom. The molecule has 166 valence electrons. The molecule has 0 unspecified atom stereocenters. The first-order valence-corrected chi connectivity index (χ1v) is 12.6. The second-order valence-corrected chi connectivity index (χ2v) is 10.2. The lowest BCUT2D eigenvalue weighted by Gasteiger charge is -2.14. The van der Waals surface area contributed by atoms with E-state index in [4.69, 9.17) is 0 Å². The standard InChI is InChI=1S/C26H24N4OS2/c1-19(21-12-6-3-7-13-21)32-25-28-27-24(29(25)17-16-20-10-4-2-5-11-20)18-30-22-14-8-9-15-23(22)33-26(30)31/h2-15,19H,16-18H2,1H3/t19-/m1/s1. The van der Waals surface area contributed by atoms with Crippen LogP contribution >= 0.6 is 23.1 Å². The summed E-state index contributed by atoms with van der Waals surface area (Å²) >= 11 is 2.98. The van der Waals surface area contributed by atoms with E-state index in [1.165, 1.54) is 22.5 Å². The average Bonchev–Trinajstić information content (AvgIpc) is 3.38. The molecular formula is C26H24N4OS2. The van der Waals surface area contributed by atoms with Gasteiger partial charge >= 0.3 is 4.87 Å². The Labute approximate surface area is 200 Å². The number of aryl methyl sites for hydroxylation is 1. The SMILES string of the molecule is C[C@@H](Sc1nnc(Cn2c(=O)sc3ccccc32)n1CCc1ccccc1)c1ccccc1. The Morgan fingerprint density at radius 2 is 1.58 bits per heavy atom. The lowest BCUT2D eigenvalue weighted by atomic mass is 10.1. The number of hydrogen-bond acceptors (Lipinski definition) is 5. The van der Waals surface area contributed by atoms with Crippen LogP contribution in [0.1, 0.15) is 29.1 Å². The predicted octanol–water partition coefficient (Wildman–Crippen LogP) is 5.80. The zero-order valence-corrected chi connectivity index (χ0v) is 19.9. The van der Waals surface area contributed by atoms with Gasteiger partial charge in [0.1, 0.15) is 0 Å². The van der Waals surface area contributed by atoms with Gasteiger partial charge in [-0.25, -0.2) is 0 Å². The molecule has 0 radical (unpaired) electrons. The van der Waals surface area contributed by atoms with Crippen molar-refractivity contribution in [1.29, 1.82) is 0 Å². The van der Waals surface area contributed by atoms with Gasteiger partial charge in [-0.3, -0.25) is 9.36 Å². The molecule has 0 spiro atoms. The monoisotopic (exact) mass is 472 g/mol. The van der Waals surface area contributed by atoms with E-state index >= 15 is 0 Å². The Kier molecular flexibility index (Phi) is 6.41. The number of aromatic nitrogens is 4. The molecule has 0 saturated heterocycles. The number of hydrogen-bond donors (Lipinski definition) is 0. The zero-order chi connectivity index (χ0) is 22.6. The lowest BCUT2D eigenvalue weighted by Crippen LogP contribution is -2.18. The van der Waals surface area contributed by atoms with E-state index in [1.807, 2.05) is 36.4 Å². The van der Waals surface area contributed by atoms with E-state index in [0.29, 0.717) is 6.54 Å². The Balaban J connectivity index is 1.47. The molecule has 2 heterocycles. The average molecular weight is 473 g/mol.